The van der Waals surface area contributed by atoms with Gasteiger partial charge >= 0.3 is 19.0 Å². The molecule has 0 heterocycles. The van der Waals surface area contributed by atoms with E-state index in [9.17, 15) is 22.0 Å². The van der Waals surface area contributed by atoms with Gasteiger partial charge in [0.25, 0.3) is 0 Å². The molecule has 0 saturated heterocycles. The van der Waals surface area contributed by atoms with E-state index in [0.29, 0.717) is 6.08 Å². The summed E-state index contributed by atoms with van der Waals surface area (Å²) in [6.45, 7) is 0. The van der Waals surface area contributed by atoms with E-state index in [-0.39, 0.29) is 6.08 Å². The number of rotatable bonds is 1. The van der Waals surface area contributed by atoms with E-state index in [2.05, 4.69) is 0 Å². The molecule has 2 nitrogen and oxygen atoms in total. The summed E-state index contributed by atoms with van der Waals surface area (Å²) < 4.78 is 66.7. The Labute approximate surface area is 98.5 Å². The fraction of sp³-hybridized carbons (Fsp3) is 0.200. The molecule has 1 aromatic carbocycles. The topological polar surface area (TPSA) is 40.5 Å². The standard InChI is InChI=1S/C10H6BF5O2/c12-8-6(11(17)18)2-1-5-3-4-9(13,14)10(15,16)7(5)8/h1-4,17-18H. The van der Waals surface area contributed by atoms with Gasteiger partial charge < -0.3 is 10.0 Å². The van der Waals surface area contributed by atoms with Crippen molar-refractivity contribution in [2.75, 3.05) is 0 Å². The van der Waals surface area contributed by atoms with Gasteiger partial charge in [-0.1, -0.05) is 18.2 Å². The molecular formula is C10H6BF5O2. The van der Waals surface area contributed by atoms with Gasteiger partial charge in [-0.15, -0.1) is 0 Å². The summed E-state index contributed by atoms with van der Waals surface area (Å²) in [6, 6.07) is 1.77. The molecule has 0 atom stereocenters. The first-order valence-electron chi connectivity index (χ1n) is 4.82. The summed E-state index contributed by atoms with van der Waals surface area (Å²) >= 11 is 0. The molecule has 1 aromatic rings. The van der Waals surface area contributed by atoms with Gasteiger partial charge in [-0.05, 0) is 11.6 Å². The molecule has 2 N–H and O–H groups in total. The Balaban J connectivity index is 2.74. The van der Waals surface area contributed by atoms with Crippen LogP contribution in [-0.2, 0) is 5.92 Å². The van der Waals surface area contributed by atoms with E-state index in [4.69, 9.17) is 10.0 Å². The average molecular weight is 264 g/mol. The van der Waals surface area contributed by atoms with Gasteiger partial charge in [0.1, 0.15) is 5.82 Å². The van der Waals surface area contributed by atoms with Crippen molar-refractivity contribution in [1.29, 1.82) is 0 Å². The highest BCUT2D eigenvalue weighted by atomic mass is 19.3. The molecule has 0 amide bonds. The normalized spacial score (nSPS) is 19.5. The molecule has 1 aliphatic carbocycles. The van der Waals surface area contributed by atoms with Gasteiger partial charge in [0, 0.05) is 5.46 Å². The maximum Gasteiger partial charge on any atom is 0.491 e. The van der Waals surface area contributed by atoms with Crippen LogP contribution in [0.15, 0.2) is 18.2 Å². The zero-order valence-electron chi connectivity index (χ0n) is 8.67. The van der Waals surface area contributed by atoms with Crippen LogP contribution in [0.25, 0.3) is 6.08 Å². The van der Waals surface area contributed by atoms with Gasteiger partial charge in [-0.2, -0.15) is 17.6 Å². The molecule has 96 valence electrons. The Bertz CT molecular complexity index is 527. The van der Waals surface area contributed by atoms with Crippen LogP contribution >= 0.6 is 0 Å². The van der Waals surface area contributed by atoms with Crippen LogP contribution in [-0.4, -0.2) is 23.1 Å². The minimum absolute atomic E-state index is 0.0101. The fourth-order valence-electron chi connectivity index (χ4n) is 1.73. The zero-order valence-corrected chi connectivity index (χ0v) is 8.67. The number of fused-ring (bicyclic) bond motifs is 1. The Morgan fingerprint density at radius 2 is 1.67 bits per heavy atom. The second-order valence-corrected chi connectivity index (χ2v) is 3.84. The average Bonchev–Trinajstić information content (AvgIpc) is 2.23. The number of alkyl halides is 4. The van der Waals surface area contributed by atoms with E-state index in [0.717, 1.165) is 12.1 Å². The summed E-state index contributed by atoms with van der Waals surface area (Å²) in [4.78, 5) is 0. The van der Waals surface area contributed by atoms with Crippen molar-refractivity contribution in [2.45, 2.75) is 11.8 Å². The van der Waals surface area contributed by atoms with Gasteiger partial charge in [0.15, 0.2) is 0 Å². The second-order valence-electron chi connectivity index (χ2n) is 3.84. The number of allylic oxidation sites excluding steroid dienone is 1. The quantitative estimate of drug-likeness (QED) is 0.592. The zero-order chi connectivity index (χ0) is 13.7. The summed E-state index contributed by atoms with van der Waals surface area (Å²) in [6.07, 6.45) is 0.660. The van der Waals surface area contributed by atoms with Crippen LogP contribution in [0.2, 0.25) is 0 Å². The van der Waals surface area contributed by atoms with Gasteiger partial charge in [0.2, 0.25) is 0 Å². The molecule has 0 spiro atoms. The third-order valence-electron chi connectivity index (χ3n) is 2.69. The molecule has 2 rings (SSSR count). The Morgan fingerprint density at radius 3 is 2.22 bits per heavy atom. The summed E-state index contributed by atoms with van der Waals surface area (Å²) in [5.74, 6) is -11.0. The number of halogens is 5. The van der Waals surface area contributed by atoms with Gasteiger partial charge in [-0.25, -0.2) is 4.39 Å². The van der Waals surface area contributed by atoms with Crippen molar-refractivity contribution < 1.29 is 32.0 Å². The Hall–Kier alpha value is -1.41. The first-order chi connectivity index (χ1) is 8.18. The molecule has 0 fully saturated rings. The third kappa shape index (κ3) is 1.64. The highest BCUT2D eigenvalue weighted by Gasteiger charge is 2.59. The van der Waals surface area contributed by atoms with Crippen LogP contribution in [0.5, 0.6) is 0 Å². The predicted molar refractivity (Wildman–Crippen MR) is 54.1 cm³/mol. The molecule has 18 heavy (non-hydrogen) atoms. The highest BCUT2D eigenvalue weighted by molar-refractivity contribution is 6.58. The molecule has 0 radical (unpaired) electrons. The van der Waals surface area contributed by atoms with Crippen LogP contribution in [0, 0.1) is 5.82 Å². The molecule has 0 bridgehead atoms. The van der Waals surface area contributed by atoms with E-state index < -0.39 is 41.4 Å². The number of hydrogen-bond donors (Lipinski definition) is 2. The molecule has 0 unspecified atom stereocenters. The summed E-state index contributed by atoms with van der Waals surface area (Å²) in [5.41, 5.74) is -2.83. The smallest absolute Gasteiger partial charge is 0.423 e. The fourth-order valence-corrected chi connectivity index (χ4v) is 1.73. The maximum absolute atomic E-state index is 13.7. The molecule has 0 saturated carbocycles. The molecule has 1 aliphatic rings. The lowest BCUT2D eigenvalue weighted by atomic mass is 9.76. The lowest BCUT2D eigenvalue weighted by Crippen LogP contribution is -2.43. The SMILES string of the molecule is OB(O)c1ccc2c(c1F)C(F)(F)C(F)(F)C=C2. The largest absolute Gasteiger partial charge is 0.491 e. The lowest BCUT2D eigenvalue weighted by molar-refractivity contribution is -0.189. The Kier molecular flexibility index (Phi) is 2.75. The Morgan fingerprint density at radius 1 is 1.06 bits per heavy atom. The minimum atomic E-state index is -4.74. The third-order valence-corrected chi connectivity index (χ3v) is 2.69. The monoisotopic (exact) mass is 264 g/mol. The predicted octanol–water partition coefficient (Wildman–Crippen LogP) is 1.26. The number of benzene rings is 1. The van der Waals surface area contributed by atoms with Crippen molar-refractivity contribution >= 4 is 18.7 Å². The van der Waals surface area contributed by atoms with Crippen molar-refractivity contribution in [2.24, 2.45) is 0 Å². The van der Waals surface area contributed by atoms with E-state index >= 15 is 0 Å². The molecule has 8 heteroatoms. The van der Waals surface area contributed by atoms with Gasteiger partial charge in [0.05, 0.1) is 5.56 Å². The highest BCUT2D eigenvalue weighted by Crippen LogP contribution is 2.48. The first kappa shape index (κ1) is 13.0. The second kappa shape index (κ2) is 3.79. The molecule has 0 aliphatic heterocycles. The van der Waals surface area contributed by atoms with Crippen LogP contribution in [0.1, 0.15) is 11.1 Å². The van der Waals surface area contributed by atoms with Crippen molar-refractivity contribution in [3.8, 4) is 0 Å². The van der Waals surface area contributed by atoms with E-state index in [1.54, 1.807) is 0 Å². The van der Waals surface area contributed by atoms with E-state index in [1.165, 1.54) is 0 Å². The summed E-state index contributed by atoms with van der Waals surface area (Å²) in [7, 11) is -2.36. The number of hydrogen-bond acceptors (Lipinski definition) is 2. The first-order valence-corrected chi connectivity index (χ1v) is 4.82. The van der Waals surface area contributed by atoms with Gasteiger partial charge in [-0.3, -0.25) is 0 Å². The van der Waals surface area contributed by atoms with Crippen molar-refractivity contribution in [1.82, 2.24) is 0 Å². The lowest BCUT2D eigenvalue weighted by Gasteiger charge is -2.29. The summed E-state index contributed by atoms with van der Waals surface area (Å²) in [5, 5.41) is 17.5. The molecular weight excluding hydrogens is 258 g/mol. The maximum atomic E-state index is 13.7. The van der Waals surface area contributed by atoms with Crippen molar-refractivity contribution in [3.05, 3.63) is 35.2 Å². The van der Waals surface area contributed by atoms with Crippen LogP contribution in [0.3, 0.4) is 0 Å². The van der Waals surface area contributed by atoms with Crippen molar-refractivity contribution in [3.63, 3.8) is 0 Å². The van der Waals surface area contributed by atoms with Crippen LogP contribution < -0.4 is 5.46 Å². The minimum Gasteiger partial charge on any atom is -0.423 e. The van der Waals surface area contributed by atoms with Crippen LogP contribution in [0.4, 0.5) is 22.0 Å². The van der Waals surface area contributed by atoms with E-state index in [1.807, 2.05) is 0 Å². The molecule has 0 aromatic heterocycles.